The van der Waals surface area contributed by atoms with Crippen molar-refractivity contribution in [1.82, 2.24) is 0 Å². The Balaban J connectivity index is 0.000000333. The van der Waals surface area contributed by atoms with Crippen LogP contribution in [-0.4, -0.2) is 32.9 Å². The number of hydrogen-bond acceptors (Lipinski definition) is 5. The first-order valence-corrected chi connectivity index (χ1v) is 7.09. The van der Waals surface area contributed by atoms with Crippen molar-refractivity contribution < 1.29 is 29.5 Å². The number of carboxylic acids is 2. The van der Waals surface area contributed by atoms with E-state index in [1.54, 1.807) is 24.3 Å². The van der Waals surface area contributed by atoms with Gasteiger partial charge in [-0.05, 0) is 12.1 Å². The van der Waals surface area contributed by atoms with Crippen LogP contribution < -0.4 is 0 Å². The summed E-state index contributed by atoms with van der Waals surface area (Å²) >= 11 is 0. The highest BCUT2D eigenvalue weighted by molar-refractivity contribution is 6.09. The molecule has 2 aromatic carbocycles. The molecule has 2 N–H and O–H groups in total. The molecule has 0 spiro atoms. The molecule has 0 aliphatic carbocycles. The molecule has 130 valence electrons. The third kappa shape index (κ3) is 7.04. The Morgan fingerprint density at radius 3 is 1.64 bits per heavy atom. The molecule has 8 nitrogen and oxygen atoms in total. The zero-order valence-corrected chi connectivity index (χ0v) is 13.0. The molecule has 0 amide bonds. The molecule has 0 atom stereocenters. The molecule has 8 heteroatoms. The minimum absolute atomic E-state index is 0.0189. The van der Waals surface area contributed by atoms with Gasteiger partial charge in [0, 0.05) is 23.3 Å². The van der Waals surface area contributed by atoms with E-state index in [4.69, 9.17) is 10.2 Å². The molecule has 0 aliphatic rings. The summed E-state index contributed by atoms with van der Waals surface area (Å²) in [6, 6.07) is 14.4. The number of non-ortho nitro benzene ring substituents is 1. The molecule has 0 fully saturated rings. The van der Waals surface area contributed by atoms with Crippen molar-refractivity contribution in [3.8, 4) is 0 Å². The minimum atomic E-state index is -1.08. The van der Waals surface area contributed by atoms with Gasteiger partial charge in [-0.1, -0.05) is 30.3 Å². The minimum Gasteiger partial charge on any atom is -0.481 e. The lowest BCUT2D eigenvalue weighted by atomic mass is 10.0. The monoisotopic (exact) mass is 345 g/mol. The largest absolute Gasteiger partial charge is 0.481 e. The smallest absolute Gasteiger partial charge is 0.303 e. The van der Waals surface area contributed by atoms with Gasteiger partial charge in [0.05, 0.1) is 17.8 Å². The average Bonchev–Trinajstić information content (AvgIpc) is 2.60. The fourth-order valence-corrected chi connectivity index (χ4v) is 1.70. The van der Waals surface area contributed by atoms with E-state index in [9.17, 15) is 24.5 Å². The lowest BCUT2D eigenvalue weighted by Gasteiger charge is -2.00. The summed E-state index contributed by atoms with van der Waals surface area (Å²) < 4.78 is 0. The molecule has 0 aromatic heterocycles. The highest BCUT2D eigenvalue weighted by Crippen LogP contribution is 2.15. The Morgan fingerprint density at radius 1 is 0.800 bits per heavy atom. The summed E-state index contributed by atoms with van der Waals surface area (Å²) in [5, 5.41) is 26.3. The quantitative estimate of drug-likeness (QED) is 0.467. The Hall–Kier alpha value is -3.55. The first-order valence-electron chi connectivity index (χ1n) is 7.09. The van der Waals surface area contributed by atoms with E-state index in [2.05, 4.69) is 0 Å². The van der Waals surface area contributed by atoms with Gasteiger partial charge < -0.3 is 10.2 Å². The van der Waals surface area contributed by atoms with Gasteiger partial charge in [-0.15, -0.1) is 0 Å². The zero-order valence-electron chi connectivity index (χ0n) is 13.0. The van der Waals surface area contributed by atoms with Gasteiger partial charge >= 0.3 is 11.9 Å². The topological polar surface area (TPSA) is 135 Å². The van der Waals surface area contributed by atoms with Gasteiger partial charge in [-0.3, -0.25) is 24.5 Å². The number of nitro groups is 1. The Bertz CT molecular complexity index is 740. The fraction of sp³-hybridized carbons (Fsp3) is 0.118. The van der Waals surface area contributed by atoms with Crippen LogP contribution in [0.2, 0.25) is 0 Å². The molecule has 0 radical (unpaired) electrons. The van der Waals surface area contributed by atoms with Crippen molar-refractivity contribution in [2.75, 3.05) is 0 Å². The zero-order chi connectivity index (χ0) is 18.8. The molecule has 0 heterocycles. The molecule has 0 unspecified atom stereocenters. The number of ketones is 1. The van der Waals surface area contributed by atoms with Crippen molar-refractivity contribution >= 4 is 23.4 Å². The standard InChI is InChI=1S/C13H9NO3.C4H6O4/c15-13(10-4-2-1-3-5-10)11-6-8-12(9-7-11)14(16)17;5-3(6)1-2-4(7)8/h1-9H;1-2H2,(H,5,6)(H,7,8). The second-order valence-corrected chi connectivity index (χ2v) is 4.79. The van der Waals surface area contributed by atoms with Crippen LogP contribution in [0.4, 0.5) is 5.69 Å². The second kappa shape index (κ2) is 9.56. The summed E-state index contributed by atoms with van der Waals surface area (Å²) in [7, 11) is 0. The van der Waals surface area contributed by atoms with Gasteiger partial charge in [0.25, 0.3) is 5.69 Å². The van der Waals surface area contributed by atoms with Gasteiger partial charge in [0.2, 0.25) is 0 Å². The number of rotatable bonds is 6. The van der Waals surface area contributed by atoms with Crippen molar-refractivity contribution in [2.24, 2.45) is 0 Å². The maximum absolute atomic E-state index is 12.0. The van der Waals surface area contributed by atoms with Crippen molar-refractivity contribution in [1.29, 1.82) is 0 Å². The van der Waals surface area contributed by atoms with Gasteiger partial charge in [-0.25, -0.2) is 0 Å². The molecule has 2 aromatic rings. The third-order valence-corrected chi connectivity index (χ3v) is 2.93. The first-order chi connectivity index (χ1) is 11.8. The summed E-state index contributed by atoms with van der Waals surface area (Å²) in [5.74, 6) is -2.29. The first kappa shape index (κ1) is 19.5. The number of carboxylic acid groups (broad SMARTS) is 2. The van der Waals surface area contributed by atoms with E-state index in [0.29, 0.717) is 11.1 Å². The Morgan fingerprint density at radius 2 is 1.24 bits per heavy atom. The number of carbonyl (C=O) groups is 3. The second-order valence-electron chi connectivity index (χ2n) is 4.79. The van der Waals surface area contributed by atoms with Crippen LogP contribution in [-0.2, 0) is 9.59 Å². The summed E-state index contributed by atoms with van der Waals surface area (Å²) in [6.07, 6.45) is -0.593. The number of nitro benzene ring substituents is 1. The van der Waals surface area contributed by atoms with Crippen LogP contribution in [0.15, 0.2) is 54.6 Å². The molecule has 0 saturated heterocycles. The highest BCUT2D eigenvalue weighted by Gasteiger charge is 2.10. The summed E-state index contributed by atoms with van der Waals surface area (Å²) in [5.41, 5.74) is 0.998. The lowest BCUT2D eigenvalue weighted by molar-refractivity contribution is -0.384. The molecule has 0 saturated carbocycles. The van der Waals surface area contributed by atoms with E-state index in [-0.39, 0.29) is 24.3 Å². The molecule has 2 rings (SSSR count). The maximum Gasteiger partial charge on any atom is 0.303 e. The number of nitrogens with zero attached hydrogens (tertiary/aromatic N) is 1. The van der Waals surface area contributed by atoms with Crippen LogP contribution in [0.3, 0.4) is 0 Å². The van der Waals surface area contributed by atoms with E-state index in [1.165, 1.54) is 24.3 Å². The van der Waals surface area contributed by atoms with E-state index >= 15 is 0 Å². The van der Waals surface area contributed by atoms with E-state index in [1.807, 2.05) is 6.07 Å². The number of benzene rings is 2. The van der Waals surface area contributed by atoms with Crippen LogP contribution in [0.5, 0.6) is 0 Å². The maximum atomic E-state index is 12.0. The lowest BCUT2D eigenvalue weighted by Crippen LogP contribution is -2.00. The van der Waals surface area contributed by atoms with Crippen LogP contribution in [0, 0.1) is 10.1 Å². The van der Waals surface area contributed by atoms with E-state index in [0.717, 1.165) is 0 Å². The fourth-order valence-electron chi connectivity index (χ4n) is 1.70. The molecular weight excluding hydrogens is 330 g/mol. The van der Waals surface area contributed by atoms with Gasteiger partial charge in [-0.2, -0.15) is 0 Å². The molecular formula is C17H15NO7. The van der Waals surface area contributed by atoms with Crippen LogP contribution in [0.25, 0.3) is 0 Å². The summed E-state index contributed by atoms with van der Waals surface area (Å²) in [6.45, 7) is 0. The normalized spacial score (nSPS) is 9.44. The Labute approximate surface area is 142 Å². The summed E-state index contributed by atoms with van der Waals surface area (Å²) in [4.78, 5) is 41.2. The number of carbonyl (C=O) groups excluding carboxylic acids is 1. The predicted molar refractivity (Wildman–Crippen MR) is 87.5 cm³/mol. The van der Waals surface area contributed by atoms with Crippen molar-refractivity contribution in [3.05, 3.63) is 75.8 Å². The van der Waals surface area contributed by atoms with Gasteiger partial charge in [0.15, 0.2) is 5.78 Å². The van der Waals surface area contributed by atoms with Gasteiger partial charge in [0.1, 0.15) is 0 Å². The molecule has 0 aliphatic heterocycles. The SMILES string of the molecule is O=C(O)CCC(=O)O.O=C(c1ccccc1)c1ccc([N+](=O)[O-])cc1. The Kier molecular flexibility index (Phi) is 7.45. The van der Waals surface area contributed by atoms with Crippen molar-refractivity contribution in [2.45, 2.75) is 12.8 Å². The third-order valence-electron chi connectivity index (χ3n) is 2.93. The van der Waals surface area contributed by atoms with Crippen LogP contribution >= 0.6 is 0 Å². The highest BCUT2D eigenvalue weighted by atomic mass is 16.6. The number of aliphatic carboxylic acids is 2. The molecule has 0 bridgehead atoms. The predicted octanol–water partition coefficient (Wildman–Crippen LogP) is 2.76. The average molecular weight is 345 g/mol. The molecule has 25 heavy (non-hydrogen) atoms. The number of hydrogen-bond donors (Lipinski definition) is 2. The van der Waals surface area contributed by atoms with Crippen molar-refractivity contribution in [3.63, 3.8) is 0 Å². The van der Waals surface area contributed by atoms with Crippen LogP contribution in [0.1, 0.15) is 28.8 Å². The van der Waals surface area contributed by atoms with E-state index < -0.39 is 16.9 Å².